The third-order valence-corrected chi connectivity index (χ3v) is 2.85. The lowest BCUT2D eigenvalue weighted by Gasteiger charge is -2.24. The molecular formula is C9H16N2O2. The van der Waals surface area contributed by atoms with Crippen molar-refractivity contribution in [2.45, 2.75) is 38.5 Å². The normalized spacial score (nSPS) is 39.7. The number of ether oxygens (including phenoxy) is 1. The molecule has 2 saturated heterocycles. The highest BCUT2D eigenvalue weighted by molar-refractivity contribution is 5.76. The third kappa shape index (κ3) is 1.50. The first kappa shape index (κ1) is 8.81. The molecule has 3 unspecified atom stereocenters. The second-order valence-corrected chi connectivity index (χ2v) is 3.88. The van der Waals surface area contributed by atoms with Crippen molar-refractivity contribution in [2.75, 3.05) is 13.1 Å². The van der Waals surface area contributed by atoms with Gasteiger partial charge in [0.25, 0.3) is 0 Å². The summed E-state index contributed by atoms with van der Waals surface area (Å²) in [6.07, 6.45) is 1.43. The van der Waals surface area contributed by atoms with Crippen molar-refractivity contribution in [3.05, 3.63) is 0 Å². The molecule has 2 heterocycles. The van der Waals surface area contributed by atoms with Crippen molar-refractivity contribution >= 4 is 6.03 Å². The van der Waals surface area contributed by atoms with Crippen molar-refractivity contribution < 1.29 is 9.53 Å². The van der Waals surface area contributed by atoms with E-state index in [2.05, 4.69) is 12.2 Å². The Morgan fingerprint density at radius 2 is 2.31 bits per heavy atom. The van der Waals surface area contributed by atoms with E-state index in [1.54, 1.807) is 0 Å². The monoisotopic (exact) mass is 184 g/mol. The minimum Gasteiger partial charge on any atom is -0.373 e. The third-order valence-electron chi connectivity index (χ3n) is 2.85. The summed E-state index contributed by atoms with van der Waals surface area (Å²) in [6.45, 7) is 5.70. The first-order valence-electron chi connectivity index (χ1n) is 4.88. The van der Waals surface area contributed by atoms with E-state index in [1.807, 2.05) is 11.8 Å². The number of nitrogens with zero attached hydrogens (tertiary/aromatic N) is 1. The van der Waals surface area contributed by atoms with E-state index in [0.717, 1.165) is 19.5 Å². The standard InChI is InChI=1S/C9H16N2O2/c1-6-5-8(7(2)13-6)11-4-3-10-9(11)12/h6-8H,3-5H2,1-2H3,(H,10,12). The van der Waals surface area contributed by atoms with Gasteiger partial charge in [-0.15, -0.1) is 0 Å². The van der Waals surface area contributed by atoms with Gasteiger partial charge >= 0.3 is 6.03 Å². The predicted molar refractivity (Wildman–Crippen MR) is 48.5 cm³/mol. The van der Waals surface area contributed by atoms with Crippen LogP contribution in [0.25, 0.3) is 0 Å². The second kappa shape index (κ2) is 3.18. The van der Waals surface area contributed by atoms with Crippen LogP contribution in [-0.4, -0.2) is 42.3 Å². The zero-order chi connectivity index (χ0) is 9.42. The van der Waals surface area contributed by atoms with E-state index in [0.29, 0.717) is 0 Å². The number of hydrogen-bond acceptors (Lipinski definition) is 2. The van der Waals surface area contributed by atoms with Gasteiger partial charge in [-0.3, -0.25) is 0 Å². The molecule has 1 N–H and O–H groups in total. The van der Waals surface area contributed by atoms with Gasteiger partial charge in [0.2, 0.25) is 0 Å². The molecule has 4 heteroatoms. The first-order valence-corrected chi connectivity index (χ1v) is 4.88. The maximum Gasteiger partial charge on any atom is 0.317 e. The van der Waals surface area contributed by atoms with E-state index in [4.69, 9.17) is 4.74 Å². The van der Waals surface area contributed by atoms with Crippen molar-refractivity contribution in [3.8, 4) is 0 Å². The zero-order valence-electron chi connectivity index (χ0n) is 8.12. The molecule has 0 radical (unpaired) electrons. The summed E-state index contributed by atoms with van der Waals surface area (Å²) in [6, 6.07) is 0.340. The molecule has 2 rings (SSSR count). The number of hydrogen-bond donors (Lipinski definition) is 1. The van der Waals surface area contributed by atoms with Crippen molar-refractivity contribution in [1.29, 1.82) is 0 Å². The van der Waals surface area contributed by atoms with Crippen LogP contribution in [0.15, 0.2) is 0 Å². The lowest BCUT2D eigenvalue weighted by molar-refractivity contribution is 0.0497. The Labute approximate surface area is 78.2 Å². The van der Waals surface area contributed by atoms with Gasteiger partial charge in [-0.2, -0.15) is 0 Å². The summed E-state index contributed by atoms with van der Waals surface area (Å²) >= 11 is 0. The fourth-order valence-electron chi connectivity index (χ4n) is 2.23. The molecule has 2 amide bonds. The van der Waals surface area contributed by atoms with E-state index < -0.39 is 0 Å². The molecule has 0 aliphatic carbocycles. The maximum atomic E-state index is 11.4. The molecule has 2 fully saturated rings. The molecular weight excluding hydrogens is 168 g/mol. The van der Waals surface area contributed by atoms with Crippen LogP contribution in [0.4, 0.5) is 4.79 Å². The van der Waals surface area contributed by atoms with E-state index >= 15 is 0 Å². The van der Waals surface area contributed by atoms with Crippen LogP contribution in [0.3, 0.4) is 0 Å². The highest BCUT2D eigenvalue weighted by Gasteiger charge is 2.38. The summed E-state index contributed by atoms with van der Waals surface area (Å²) in [5.74, 6) is 0. The van der Waals surface area contributed by atoms with Crippen molar-refractivity contribution in [3.63, 3.8) is 0 Å². The fraction of sp³-hybridized carbons (Fsp3) is 0.889. The Bertz CT molecular complexity index is 220. The second-order valence-electron chi connectivity index (χ2n) is 3.88. The number of urea groups is 1. The van der Waals surface area contributed by atoms with Gasteiger partial charge in [-0.05, 0) is 20.3 Å². The number of carbonyl (C=O) groups excluding carboxylic acids is 1. The lowest BCUT2D eigenvalue weighted by Crippen LogP contribution is -2.41. The Morgan fingerprint density at radius 1 is 1.54 bits per heavy atom. The molecule has 2 aliphatic heterocycles. The zero-order valence-corrected chi connectivity index (χ0v) is 8.12. The minimum absolute atomic E-state index is 0.0644. The highest BCUT2D eigenvalue weighted by Crippen LogP contribution is 2.25. The van der Waals surface area contributed by atoms with Gasteiger partial charge in [0, 0.05) is 13.1 Å². The van der Waals surface area contributed by atoms with Crippen LogP contribution < -0.4 is 5.32 Å². The SMILES string of the molecule is CC1CC(N2CCNC2=O)C(C)O1. The van der Waals surface area contributed by atoms with Crippen LogP contribution >= 0.6 is 0 Å². The molecule has 0 aromatic carbocycles. The van der Waals surface area contributed by atoms with Crippen LogP contribution in [0.5, 0.6) is 0 Å². The van der Waals surface area contributed by atoms with Crippen LogP contribution in [0.1, 0.15) is 20.3 Å². The van der Waals surface area contributed by atoms with Gasteiger partial charge in [-0.25, -0.2) is 4.79 Å². The topological polar surface area (TPSA) is 41.6 Å². The quantitative estimate of drug-likeness (QED) is 0.647. The van der Waals surface area contributed by atoms with Gasteiger partial charge in [0.05, 0.1) is 18.2 Å². The number of rotatable bonds is 1. The lowest BCUT2D eigenvalue weighted by atomic mass is 10.1. The van der Waals surface area contributed by atoms with Gasteiger partial charge in [0.1, 0.15) is 0 Å². The predicted octanol–water partition coefficient (Wildman–Crippen LogP) is 0.577. The average molecular weight is 184 g/mol. The Morgan fingerprint density at radius 3 is 2.77 bits per heavy atom. The van der Waals surface area contributed by atoms with E-state index in [-0.39, 0.29) is 24.3 Å². The number of nitrogens with one attached hydrogen (secondary N) is 1. The summed E-state index contributed by atoms with van der Waals surface area (Å²) < 4.78 is 5.61. The summed E-state index contributed by atoms with van der Waals surface area (Å²) in [4.78, 5) is 13.3. The first-order chi connectivity index (χ1) is 6.18. The van der Waals surface area contributed by atoms with Gasteiger partial charge < -0.3 is 15.0 Å². The molecule has 4 nitrogen and oxygen atoms in total. The molecule has 0 aromatic rings. The van der Waals surface area contributed by atoms with Crippen molar-refractivity contribution in [1.82, 2.24) is 10.2 Å². The average Bonchev–Trinajstić information content (AvgIpc) is 2.58. The Balaban J connectivity index is 2.04. The van der Waals surface area contributed by atoms with Gasteiger partial charge in [-0.1, -0.05) is 0 Å². The molecule has 2 aliphatic rings. The molecule has 0 aromatic heterocycles. The fourth-order valence-corrected chi connectivity index (χ4v) is 2.23. The molecule has 13 heavy (non-hydrogen) atoms. The highest BCUT2D eigenvalue weighted by atomic mass is 16.5. The van der Waals surface area contributed by atoms with E-state index in [1.165, 1.54) is 0 Å². The van der Waals surface area contributed by atoms with Gasteiger partial charge in [0.15, 0.2) is 0 Å². The maximum absolute atomic E-state index is 11.4. The molecule has 0 bridgehead atoms. The van der Waals surface area contributed by atoms with Crippen molar-refractivity contribution in [2.24, 2.45) is 0 Å². The minimum atomic E-state index is 0.0644. The number of amides is 2. The van der Waals surface area contributed by atoms with Crippen LogP contribution in [0.2, 0.25) is 0 Å². The Kier molecular flexibility index (Phi) is 2.15. The van der Waals surface area contributed by atoms with Crippen LogP contribution in [0, 0.1) is 0 Å². The van der Waals surface area contributed by atoms with E-state index in [9.17, 15) is 4.79 Å². The molecule has 0 saturated carbocycles. The van der Waals surface area contributed by atoms with Crippen LogP contribution in [-0.2, 0) is 4.74 Å². The number of carbonyl (C=O) groups is 1. The molecule has 3 atom stereocenters. The summed E-state index contributed by atoms with van der Waals surface area (Å²) in [5, 5.41) is 2.81. The molecule has 0 spiro atoms. The summed E-state index contributed by atoms with van der Waals surface area (Å²) in [5.41, 5.74) is 0. The molecule has 74 valence electrons. The Hall–Kier alpha value is -0.770. The summed E-state index contributed by atoms with van der Waals surface area (Å²) in [7, 11) is 0. The largest absolute Gasteiger partial charge is 0.373 e. The smallest absolute Gasteiger partial charge is 0.317 e.